The topological polar surface area (TPSA) is 44.1 Å². The van der Waals surface area contributed by atoms with E-state index < -0.39 is 0 Å². The van der Waals surface area contributed by atoms with E-state index in [9.17, 15) is 4.79 Å². The monoisotopic (exact) mass is 284 g/mol. The summed E-state index contributed by atoms with van der Waals surface area (Å²) >= 11 is 6.32. The van der Waals surface area contributed by atoms with Gasteiger partial charge >= 0.3 is 0 Å². The van der Waals surface area contributed by atoms with Crippen LogP contribution in [0.15, 0.2) is 0 Å². The molecule has 2 atom stereocenters. The van der Waals surface area contributed by atoms with Gasteiger partial charge in [0.2, 0.25) is 0 Å². The maximum absolute atomic E-state index is 12.3. The second kappa shape index (κ2) is 6.06. The molecule has 4 nitrogen and oxygen atoms in total. The lowest BCUT2D eigenvalue weighted by atomic mass is 9.98. The summed E-state index contributed by atoms with van der Waals surface area (Å²) < 4.78 is 7.36. The zero-order valence-corrected chi connectivity index (χ0v) is 12.5. The Morgan fingerprint density at radius 2 is 2.26 bits per heavy atom. The molecule has 1 aliphatic rings. The fourth-order valence-corrected chi connectivity index (χ4v) is 2.89. The number of Topliss-reactive ketones (excluding diaryl/α,β-unsaturated/α-hetero) is 1. The molecule has 0 aliphatic carbocycles. The molecule has 1 aliphatic heterocycles. The molecular formula is C14H21ClN2O2. The smallest absolute Gasteiger partial charge is 0.167 e. The molecule has 0 N–H and O–H groups in total. The standard InChI is InChI=1S/C14H21ClN2O2/c1-4-10-13(15)11(17(5-2)16-10)8-12(18)14-9(3)6-7-19-14/h9,14H,4-8H2,1-3H3. The van der Waals surface area contributed by atoms with Crippen LogP contribution in [0.25, 0.3) is 0 Å². The number of hydrogen-bond acceptors (Lipinski definition) is 3. The molecule has 2 rings (SSSR count). The van der Waals surface area contributed by atoms with Crippen molar-refractivity contribution in [2.75, 3.05) is 6.61 Å². The predicted octanol–water partition coefficient (Wildman–Crippen LogP) is 2.66. The van der Waals surface area contributed by atoms with E-state index in [0.29, 0.717) is 24.0 Å². The highest BCUT2D eigenvalue weighted by atomic mass is 35.5. The van der Waals surface area contributed by atoms with Crippen molar-refractivity contribution in [2.24, 2.45) is 5.92 Å². The summed E-state index contributed by atoms with van der Waals surface area (Å²) in [7, 11) is 0. The maximum atomic E-state index is 12.3. The Kier molecular flexibility index (Phi) is 4.63. The Balaban J connectivity index is 2.18. The summed E-state index contributed by atoms with van der Waals surface area (Å²) in [6.45, 7) is 7.49. The molecular weight excluding hydrogens is 264 g/mol. The summed E-state index contributed by atoms with van der Waals surface area (Å²) in [6, 6.07) is 0. The number of ether oxygens (including phenoxy) is 1. The normalized spacial score (nSPS) is 22.9. The van der Waals surface area contributed by atoms with E-state index in [4.69, 9.17) is 16.3 Å². The Morgan fingerprint density at radius 1 is 1.53 bits per heavy atom. The minimum atomic E-state index is -0.277. The van der Waals surface area contributed by atoms with Gasteiger partial charge in [-0.1, -0.05) is 25.4 Å². The molecule has 2 heterocycles. The third-order valence-electron chi connectivity index (χ3n) is 3.74. The molecule has 19 heavy (non-hydrogen) atoms. The number of aromatic nitrogens is 2. The molecule has 106 valence electrons. The third-order valence-corrected chi connectivity index (χ3v) is 4.18. The van der Waals surface area contributed by atoms with Crippen LogP contribution in [0.2, 0.25) is 5.02 Å². The number of rotatable bonds is 5. The zero-order valence-electron chi connectivity index (χ0n) is 11.8. The fourth-order valence-electron chi connectivity index (χ4n) is 2.56. The Hall–Kier alpha value is -0.870. The Morgan fingerprint density at radius 3 is 2.79 bits per heavy atom. The van der Waals surface area contributed by atoms with Crippen LogP contribution in [-0.2, 0) is 28.9 Å². The number of aryl methyl sites for hydroxylation is 2. The average Bonchev–Trinajstić information content (AvgIpc) is 2.95. The lowest BCUT2D eigenvalue weighted by Gasteiger charge is -2.13. The molecule has 2 unspecified atom stereocenters. The van der Waals surface area contributed by atoms with Crippen LogP contribution in [0.4, 0.5) is 0 Å². The Labute approximate surface area is 119 Å². The lowest BCUT2D eigenvalue weighted by molar-refractivity contribution is -0.128. The molecule has 1 saturated heterocycles. The highest BCUT2D eigenvalue weighted by Crippen LogP contribution is 2.26. The second-order valence-corrected chi connectivity index (χ2v) is 5.46. The summed E-state index contributed by atoms with van der Waals surface area (Å²) in [5.74, 6) is 0.416. The van der Waals surface area contributed by atoms with Gasteiger partial charge in [0.1, 0.15) is 6.10 Å². The van der Waals surface area contributed by atoms with Crippen LogP contribution in [0, 0.1) is 5.92 Å². The molecule has 0 spiro atoms. The second-order valence-electron chi connectivity index (χ2n) is 5.08. The van der Waals surface area contributed by atoms with Gasteiger partial charge in [-0.05, 0) is 25.7 Å². The van der Waals surface area contributed by atoms with Crippen LogP contribution < -0.4 is 0 Å². The summed E-state index contributed by atoms with van der Waals surface area (Å²) in [6.07, 6.45) is 1.77. The van der Waals surface area contributed by atoms with Crippen LogP contribution in [0.5, 0.6) is 0 Å². The number of ketones is 1. The summed E-state index contributed by atoms with van der Waals surface area (Å²) in [4.78, 5) is 12.3. The molecule has 0 bridgehead atoms. The van der Waals surface area contributed by atoms with Crippen LogP contribution >= 0.6 is 11.6 Å². The molecule has 0 saturated carbocycles. The number of carbonyl (C=O) groups is 1. The molecule has 1 fully saturated rings. The van der Waals surface area contributed by atoms with E-state index >= 15 is 0 Å². The number of halogens is 1. The molecule has 0 radical (unpaired) electrons. The zero-order chi connectivity index (χ0) is 14.0. The first-order valence-corrected chi connectivity index (χ1v) is 7.34. The van der Waals surface area contributed by atoms with Gasteiger partial charge in [-0.25, -0.2) is 0 Å². The summed E-state index contributed by atoms with van der Waals surface area (Å²) in [5.41, 5.74) is 1.69. The van der Waals surface area contributed by atoms with Crippen LogP contribution in [-0.4, -0.2) is 28.3 Å². The van der Waals surface area contributed by atoms with Crippen molar-refractivity contribution in [1.29, 1.82) is 0 Å². The van der Waals surface area contributed by atoms with Gasteiger partial charge in [-0.2, -0.15) is 5.10 Å². The Bertz CT molecular complexity index is 470. The highest BCUT2D eigenvalue weighted by molar-refractivity contribution is 6.32. The largest absolute Gasteiger partial charge is 0.370 e. The SMILES string of the molecule is CCc1nn(CC)c(CC(=O)C2OCCC2C)c1Cl. The summed E-state index contributed by atoms with van der Waals surface area (Å²) in [5, 5.41) is 5.08. The van der Waals surface area contributed by atoms with Gasteiger partial charge in [0.15, 0.2) is 5.78 Å². The van der Waals surface area contributed by atoms with Crippen molar-refractivity contribution in [2.45, 2.75) is 52.7 Å². The molecule has 1 aromatic heterocycles. The lowest BCUT2D eigenvalue weighted by Crippen LogP contribution is -2.27. The van der Waals surface area contributed by atoms with E-state index in [-0.39, 0.29) is 11.9 Å². The van der Waals surface area contributed by atoms with Gasteiger partial charge in [0.05, 0.1) is 22.8 Å². The van der Waals surface area contributed by atoms with Gasteiger partial charge in [-0.15, -0.1) is 0 Å². The third kappa shape index (κ3) is 2.84. The average molecular weight is 285 g/mol. The van der Waals surface area contributed by atoms with Crippen LogP contribution in [0.3, 0.4) is 0 Å². The predicted molar refractivity (Wildman–Crippen MR) is 74.5 cm³/mol. The van der Waals surface area contributed by atoms with Crippen molar-refractivity contribution in [3.8, 4) is 0 Å². The van der Waals surface area contributed by atoms with Crippen molar-refractivity contribution in [1.82, 2.24) is 9.78 Å². The van der Waals surface area contributed by atoms with E-state index in [1.165, 1.54) is 0 Å². The van der Waals surface area contributed by atoms with Gasteiger partial charge < -0.3 is 4.74 Å². The number of hydrogen-bond donors (Lipinski definition) is 0. The highest BCUT2D eigenvalue weighted by Gasteiger charge is 2.32. The quantitative estimate of drug-likeness (QED) is 0.835. The molecule has 0 aromatic carbocycles. The van der Waals surface area contributed by atoms with E-state index in [0.717, 1.165) is 30.8 Å². The minimum Gasteiger partial charge on any atom is -0.370 e. The first-order valence-electron chi connectivity index (χ1n) is 6.96. The first kappa shape index (κ1) is 14.5. The fraction of sp³-hybridized carbons (Fsp3) is 0.714. The van der Waals surface area contributed by atoms with Gasteiger partial charge in [-0.3, -0.25) is 9.48 Å². The van der Waals surface area contributed by atoms with Crippen molar-refractivity contribution < 1.29 is 9.53 Å². The van der Waals surface area contributed by atoms with E-state index in [2.05, 4.69) is 12.0 Å². The van der Waals surface area contributed by atoms with Crippen molar-refractivity contribution in [3.05, 3.63) is 16.4 Å². The van der Waals surface area contributed by atoms with Gasteiger partial charge in [0.25, 0.3) is 0 Å². The van der Waals surface area contributed by atoms with Crippen molar-refractivity contribution in [3.63, 3.8) is 0 Å². The van der Waals surface area contributed by atoms with Gasteiger partial charge in [0, 0.05) is 13.2 Å². The maximum Gasteiger partial charge on any atom is 0.167 e. The molecule has 1 aromatic rings. The molecule has 5 heteroatoms. The number of nitrogens with zero attached hydrogens (tertiary/aromatic N) is 2. The first-order chi connectivity index (χ1) is 9.08. The number of carbonyl (C=O) groups excluding carboxylic acids is 1. The molecule has 0 amide bonds. The van der Waals surface area contributed by atoms with Crippen molar-refractivity contribution >= 4 is 17.4 Å². The minimum absolute atomic E-state index is 0.115. The van der Waals surface area contributed by atoms with Crippen LogP contribution in [0.1, 0.15) is 38.6 Å². The van der Waals surface area contributed by atoms with E-state index in [1.807, 2.05) is 18.5 Å². The van der Waals surface area contributed by atoms with E-state index in [1.54, 1.807) is 0 Å².